The Labute approximate surface area is 110 Å². The lowest BCUT2D eigenvalue weighted by Crippen LogP contribution is -2.29. The number of fused-ring (bicyclic) bond motifs is 1. The third kappa shape index (κ3) is 2.46. The van der Waals surface area contributed by atoms with Crippen molar-refractivity contribution in [1.82, 2.24) is 0 Å². The van der Waals surface area contributed by atoms with Crippen LogP contribution in [0.2, 0.25) is 0 Å². The van der Waals surface area contributed by atoms with Gasteiger partial charge in [0.2, 0.25) is 0 Å². The second-order valence-corrected chi connectivity index (χ2v) is 6.50. The molecule has 0 saturated heterocycles. The first-order valence-electron chi connectivity index (χ1n) is 7.48. The summed E-state index contributed by atoms with van der Waals surface area (Å²) in [6.07, 6.45) is 8.14. The number of hydrogen-bond acceptors (Lipinski definition) is 0. The molecule has 1 heteroatoms. The summed E-state index contributed by atoms with van der Waals surface area (Å²) in [5.41, 5.74) is 1.23. The molecule has 4 unspecified atom stereocenters. The Balaban J connectivity index is 1.70. The minimum Gasteiger partial charge on any atom is -0.207 e. The predicted octanol–water partition coefficient (Wildman–Crippen LogP) is 5.15. The number of hydrogen-bond donors (Lipinski definition) is 0. The largest absolute Gasteiger partial charge is 0.207 e. The van der Waals surface area contributed by atoms with Gasteiger partial charge in [-0.25, -0.2) is 4.39 Å². The lowest BCUT2D eigenvalue weighted by atomic mass is 9.64. The van der Waals surface area contributed by atoms with Crippen LogP contribution in [0.3, 0.4) is 0 Å². The Morgan fingerprint density at radius 2 is 1.78 bits per heavy atom. The van der Waals surface area contributed by atoms with Gasteiger partial charge in [-0.3, -0.25) is 0 Å². The molecule has 0 aliphatic heterocycles. The van der Waals surface area contributed by atoms with Crippen molar-refractivity contribution >= 4 is 0 Å². The average molecular weight is 246 g/mol. The maximum atomic E-state index is 13.3. The number of rotatable bonds is 1. The van der Waals surface area contributed by atoms with E-state index in [1.54, 1.807) is 12.1 Å². The first kappa shape index (κ1) is 12.2. The summed E-state index contributed by atoms with van der Waals surface area (Å²) in [5.74, 6) is 3.32. The normalized spacial score (nSPS) is 36.1. The standard InChI is InChI=1S/C17H23F/c1-12-5-6-15-10-16(8-7-14(15)9-12)13-3-2-4-17(18)11-13/h2-4,11-12,14-16H,5-10H2,1H3. The van der Waals surface area contributed by atoms with Gasteiger partial charge in [-0.1, -0.05) is 25.5 Å². The highest BCUT2D eigenvalue weighted by Gasteiger charge is 2.34. The van der Waals surface area contributed by atoms with Gasteiger partial charge in [0.25, 0.3) is 0 Å². The van der Waals surface area contributed by atoms with E-state index in [0.29, 0.717) is 5.92 Å². The second kappa shape index (κ2) is 5.03. The zero-order chi connectivity index (χ0) is 12.5. The fourth-order valence-corrected chi connectivity index (χ4v) is 4.19. The smallest absolute Gasteiger partial charge is 0.123 e. The van der Waals surface area contributed by atoms with Crippen LogP contribution in [0.5, 0.6) is 0 Å². The lowest BCUT2D eigenvalue weighted by Gasteiger charge is -2.41. The molecule has 0 spiro atoms. The maximum Gasteiger partial charge on any atom is 0.123 e. The molecule has 2 aliphatic rings. The third-order valence-electron chi connectivity index (χ3n) is 5.20. The van der Waals surface area contributed by atoms with Gasteiger partial charge in [0.1, 0.15) is 5.82 Å². The highest BCUT2D eigenvalue weighted by Crippen LogP contribution is 2.47. The lowest BCUT2D eigenvalue weighted by molar-refractivity contribution is 0.124. The predicted molar refractivity (Wildman–Crippen MR) is 73.0 cm³/mol. The van der Waals surface area contributed by atoms with E-state index in [4.69, 9.17) is 0 Å². The van der Waals surface area contributed by atoms with Crippen LogP contribution < -0.4 is 0 Å². The summed E-state index contributed by atoms with van der Waals surface area (Å²) >= 11 is 0. The molecule has 0 nitrogen and oxygen atoms in total. The van der Waals surface area contributed by atoms with Crippen LogP contribution >= 0.6 is 0 Å². The Bertz CT molecular complexity index is 412. The number of halogens is 1. The van der Waals surface area contributed by atoms with Crippen LogP contribution in [0.15, 0.2) is 24.3 Å². The Kier molecular flexibility index (Phi) is 3.41. The van der Waals surface area contributed by atoms with Crippen molar-refractivity contribution in [2.24, 2.45) is 17.8 Å². The molecular weight excluding hydrogens is 223 g/mol. The molecule has 0 N–H and O–H groups in total. The SMILES string of the molecule is CC1CCC2CC(c3cccc(F)c3)CCC2C1. The molecule has 1 aromatic rings. The fourth-order valence-electron chi connectivity index (χ4n) is 4.19. The van der Waals surface area contributed by atoms with Gasteiger partial charge < -0.3 is 0 Å². The van der Waals surface area contributed by atoms with Crippen molar-refractivity contribution < 1.29 is 4.39 Å². The fraction of sp³-hybridized carbons (Fsp3) is 0.647. The van der Waals surface area contributed by atoms with E-state index in [1.165, 1.54) is 44.1 Å². The molecule has 4 atom stereocenters. The van der Waals surface area contributed by atoms with E-state index in [2.05, 4.69) is 13.0 Å². The quantitative estimate of drug-likeness (QED) is 0.643. The van der Waals surface area contributed by atoms with E-state index in [0.717, 1.165) is 17.8 Å². The minimum atomic E-state index is -0.0770. The van der Waals surface area contributed by atoms with E-state index in [-0.39, 0.29) is 5.82 Å². The second-order valence-electron chi connectivity index (χ2n) is 6.50. The molecule has 2 fully saturated rings. The molecule has 98 valence electrons. The van der Waals surface area contributed by atoms with E-state index >= 15 is 0 Å². The van der Waals surface area contributed by atoms with E-state index < -0.39 is 0 Å². The molecule has 2 saturated carbocycles. The van der Waals surface area contributed by atoms with Crippen LogP contribution in [0.4, 0.5) is 4.39 Å². The van der Waals surface area contributed by atoms with Gasteiger partial charge in [-0.2, -0.15) is 0 Å². The van der Waals surface area contributed by atoms with Gasteiger partial charge in [0.05, 0.1) is 0 Å². The van der Waals surface area contributed by atoms with Gasteiger partial charge in [-0.05, 0) is 73.5 Å². The van der Waals surface area contributed by atoms with E-state index in [9.17, 15) is 4.39 Å². The topological polar surface area (TPSA) is 0 Å². The summed E-state index contributed by atoms with van der Waals surface area (Å²) in [5, 5.41) is 0. The Morgan fingerprint density at radius 1 is 1.00 bits per heavy atom. The van der Waals surface area contributed by atoms with Gasteiger partial charge in [0, 0.05) is 0 Å². The molecule has 0 bridgehead atoms. The van der Waals surface area contributed by atoms with Crippen LogP contribution in [-0.4, -0.2) is 0 Å². The molecular formula is C17H23F. The van der Waals surface area contributed by atoms with Crippen molar-refractivity contribution in [2.75, 3.05) is 0 Å². The van der Waals surface area contributed by atoms with Crippen molar-refractivity contribution in [2.45, 2.75) is 51.4 Å². The van der Waals surface area contributed by atoms with Crippen LogP contribution in [0.1, 0.15) is 56.9 Å². The molecule has 0 radical (unpaired) electrons. The Morgan fingerprint density at radius 3 is 2.61 bits per heavy atom. The summed E-state index contributed by atoms with van der Waals surface area (Å²) in [6, 6.07) is 7.27. The highest BCUT2D eigenvalue weighted by molar-refractivity contribution is 5.21. The van der Waals surface area contributed by atoms with Crippen molar-refractivity contribution in [3.63, 3.8) is 0 Å². The molecule has 0 heterocycles. The molecule has 18 heavy (non-hydrogen) atoms. The molecule has 2 aliphatic carbocycles. The average Bonchev–Trinajstić information content (AvgIpc) is 2.38. The van der Waals surface area contributed by atoms with Gasteiger partial charge in [-0.15, -0.1) is 0 Å². The first-order chi connectivity index (χ1) is 8.72. The van der Waals surface area contributed by atoms with Crippen molar-refractivity contribution in [3.05, 3.63) is 35.6 Å². The van der Waals surface area contributed by atoms with Crippen molar-refractivity contribution in [1.29, 1.82) is 0 Å². The van der Waals surface area contributed by atoms with Crippen molar-refractivity contribution in [3.8, 4) is 0 Å². The monoisotopic (exact) mass is 246 g/mol. The summed E-state index contributed by atoms with van der Waals surface area (Å²) in [4.78, 5) is 0. The third-order valence-corrected chi connectivity index (χ3v) is 5.20. The van der Waals surface area contributed by atoms with E-state index in [1.807, 2.05) is 6.07 Å². The zero-order valence-electron chi connectivity index (χ0n) is 11.2. The molecule has 3 rings (SSSR count). The highest BCUT2D eigenvalue weighted by atomic mass is 19.1. The summed E-state index contributed by atoms with van der Waals surface area (Å²) in [7, 11) is 0. The van der Waals surface area contributed by atoms with Gasteiger partial charge >= 0.3 is 0 Å². The summed E-state index contributed by atoms with van der Waals surface area (Å²) < 4.78 is 13.3. The molecule has 0 aromatic heterocycles. The Hall–Kier alpha value is -0.850. The van der Waals surface area contributed by atoms with Crippen LogP contribution in [0, 0.1) is 23.6 Å². The molecule has 0 amide bonds. The maximum absolute atomic E-state index is 13.3. The zero-order valence-corrected chi connectivity index (χ0v) is 11.2. The first-order valence-corrected chi connectivity index (χ1v) is 7.48. The summed E-state index contributed by atoms with van der Waals surface area (Å²) in [6.45, 7) is 2.40. The van der Waals surface area contributed by atoms with Gasteiger partial charge in [0.15, 0.2) is 0 Å². The van der Waals surface area contributed by atoms with Crippen LogP contribution in [-0.2, 0) is 0 Å². The minimum absolute atomic E-state index is 0.0770. The van der Waals surface area contributed by atoms with Crippen LogP contribution in [0.25, 0.3) is 0 Å². The number of benzene rings is 1. The molecule has 1 aromatic carbocycles.